The van der Waals surface area contributed by atoms with Gasteiger partial charge in [0.05, 0.1) is 21.1 Å². The summed E-state index contributed by atoms with van der Waals surface area (Å²) in [5, 5.41) is 3.52. The highest BCUT2D eigenvalue weighted by atomic mass is 32.2. The summed E-state index contributed by atoms with van der Waals surface area (Å²) in [5.41, 5.74) is 2.00. The second-order valence-corrected chi connectivity index (χ2v) is 7.56. The topological polar surface area (TPSA) is 29.1 Å². The molecule has 2 nitrogen and oxygen atoms in total. The number of nitrogens with one attached hydrogen (secondary N) is 1. The van der Waals surface area contributed by atoms with E-state index in [1.807, 2.05) is 42.5 Å². The molecule has 0 fully saturated rings. The van der Waals surface area contributed by atoms with Crippen molar-refractivity contribution in [3.63, 3.8) is 0 Å². The number of fused-ring (bicyclic) bond motifs is 1. The molecule has 4 rings (SSSR count). The summed E-state index contributed by atoms with van der Waals surface area (Å²) >= 11 is 1.26. The molecular weight excluding hydrogens is 383 g/mol. The first kappa shape index (κ1) is 18.6. The SMILES string of the molecule is CNC1=C(c2cccc(C(F)(F)F)c2)C(=O)C(=CC2C=Cc3ccccc32)S1. The highest BCUT2D eigenvalue weighted by Crippen LogP contribution is 2.44. The lowest BCUT2D eigenvalue weighted by atomic mass is 9.97. The second kappa shape index (κ2) is 7.02. The van der Waals surface area contributed by atoms with Gasteiger partial charge in [-0.15, -0.1) is 0 Å². The summed E-state index contributed by atoms with van der Waals surface area (Å²) in [7, 11) is 1.66. The Labute approximate surface area is 164 Å². The third kappa shape index (κ3) is 3.29. The van der Waals surface area contributed by atoms with Crippen molar-refractivity contribution in [3.8, 4) is 0 Å². The number of thioether (sulfide) groups is 1. The number of Topliss-reactive ketones (excluding diaryl/α,β-unsaturated/α-hetero) is 1. The van der Waals surface area contributed by atoms with Gasteiger partial charge in [0.15, 0.2) is 0 Å². The highest BCUT2D eigenvalue weighted by Gasteiger charge is 2.34. The van der Waals surface area contributed by atoms with Gasteiger partial charge in [0.25, 0.3) is 0 Å². The molecule has 0 radical (unpaired) electrons. The molecule has 0 saturated heterocycles. The van der Waals surface area contributed by atoms with Crippen molar-refractivity contribution in [2.75, 3.05) is 7.05 Å². The fourth-order valence-corrected chi connectivity index (χ4v) is 4.46. The zero-order chi connectivity index (χ0) is 19.9. The maximum atomic E-state index is 13.1. The van der Waals surface area contributed by atoms with Gasteiger partial charge in [-0.3, -0.25) is 4.79 Å². The number of ketones is 1. The van der Waals surface area contributed by atoms with Crippen LogP contribution in [0.2, 0.25) is 0 Å². The molecule has 1 heterocycles. The highest BCUT2D eigenvalue weighted by molar-refractivity contribution is 8.08. The minimum absolute atomic E-state index is 0.0263. The fourth-order valence-electron chi connectivity index (χ4n) is 3.42. The molecule has 2 aromatic rings. The second-order valence-electron chi connectivity index (χ2n) is 6.51. The van der Waals surface area contributed by atoms with E-state index in [1.165, 1.54) is 23.9 Å². The van der Waals surface area contributed by atoms with Gasteiger partial charge >= 0.3 is 6.18 Å². The van der Waals surface area contributed by atoms with Crippen LogP contribution >= 0.6 is 11.8 Å². The Kier molecular flexibility index (Phi) is 4.67. The zero-order valence-electron chi connectivity index (χ0n) is 14.9. The summed E-state index contributed by atoms with van der Waals surface area (Å²) in [6.07, 6.45) is 1.46. The average molecular weight is 399 g/mol. The van der Waals surface area contributed by atoms with Crippen molar-refractivity contribution >= 4 is 29.2 Å². The number of halogens is 3. The molecular formula is C22H16F3NOS. The average Bonchev–Trinajstić information content (AvgIpc) is 3.23. The van der Waals surface area contributed by atoms with Gasteiger partial charge in [0.2, 0.25) is 5.78 Å². The Balaban J connectivity index is 1.69. The predicted molar refractivity (Wildman–Crippen MR) is 106 cm³/mol. The van der Waals surface area contributed by atoms with Gasteiger partial charge in [-0.2, -0.15) is 13.2 Å². The lowest BCUT2D eigenvalue weighted by Gasteiger charge is -2.10. The van der Waals surface area contributed by atoms with E-state index < -0.39 is 11.7 Å². The summed E-state index contributed by atoms with van der Waals surface area (Å²) in [5.74, 6) is -0.284. The molecule has 1 unspecified atom stereocenters. The monoisotopic (exact) mass is 399 g/mol. The van der Waals surface area contributed by atoms with E-state index in [2.05, 4.69) is 5.32 Å². The number of hydrogen-bond donors (Lipinski definition) is 1. The third-order valence-electron chi connectivity index (χ3n) is 4.76. The van der Waals surface area contributed by atoms with Crippen molar-refractivity contribution in [2.24, 2.45) is 0 Å². The van der Waals surface area contributed by atoms with Crippen LogP contribution in [0.4, 0.5) is 13.2 Å². The molecule has 0 saturated carbocycles. The van der Waals surface area contributed by atoms with E-state index in [0.29, 0.717) is 9.93 Å². The van der Waals surface area contributed by atoms with Crippen LogP contribution in [0.5, 0.6) is 0 Å². The maximum absolute atomic E-state index is 13.1. The molecule has 2 aliphatic rings. The number of alkyl halides is 3. The number of benzene rings is 2. The van der Waals surface area contributed by atoms with E-state index in [4.69, 9.17) is 0 Å². The van der Waals surface area contributed by atoms with Crippen LogP contribution in [0.3, 0.4) is 0 Å². The van der Waals surface area contributed by atoms with Crippen molar-refractivity contribution in [2.45, 2.75) is 12.1 Å². The van der Waals surface area contributed by atoms with Gasteiger partial charge in [-0.1, -0.05) is 66.4 Å². The van der Waals surface area contributed by atoms with E-state index in [9.17, 15) is 18.0 Å². The Morgan fingerprint density at radius 1 is 1.11 bits per heavy atom. The molecule has 1 aliphatic heterocycles. The maximum Gasteiger partial charge on any atom is 0.416 e. The smallest absolute Gasteiger partial charge is 0.382 e. The molecule has 0 aromatic heterocycles. The number of carbonyl (C=O) groups is 1. The van der Waals surface area contributed by atoms with Crippen LogP contribution in [0.1, 0.15) is 28.2 Å². The lowest BCUT2D eigenvalue weighted by molar-refractivity contribution is -0.137. The summed E-state index contributed by atoms with van der Waals surface area (Å²) in [6.45, 7) is 0. The molecule has 28 heavy (non-hydrogen) atoms. The number of carbonyl (C=O) groups excluding carboxylic acids is 1. The van der Waals surface area contributed by atoms with Gasteiger partial charge < -0.3 is 5.32 Å². The number of allylic oxidation sites excluding steroid dienone is 4. The van der Waals surface area contributed by atoms with Gasteiger partial charge in [-0.05, 0) is 28.8 Å². The standard InChI is InChI=1S/C22H16F3NOS/c1-26-21-19(15-6-4-7-16(11-15)22(23,24)25)20(27)18(28-21)12-14-10-9-13-5-2-3-8-17(13)14/h2-12,14,26H,1H3. The summed E-state index contributed by atoms with van der Waals surface area (Å²) in [4.78, 5) is 13.6. The largest absolute Gasteiger partial charge is 0.416 e. The van der Waals surface area contributed by atoms with E-state index in [-0.39, 0.29) is 22.8 Å². The van der Waals surface area contributed by atoms with Crippen LogP contribution < -0.4 is 5.32 Å². The normalized spacial score (nSPS) is 20.2. The molecule has 6 heteroatoms. The first-order chi connectivity index (χ1) is 13.4. The van der Waals surface area contributed by atoms with Crippen molar-refractivity contribution < 1.29 is 18.0 Å². The molecule has 2 aromatic carbocycles. The first-order valence-electron chi connectivity index (χ1n) is 8.69. The Bertz CT molecular complexity index is 1050. The molecule has 0 amide bonds. The number of rotatable bonds is 3. The van der Waals surface area contributed by atoms with E-state index in [1.54, 1.807) is 7.05 Å². The quantitative estimate of drug-likeness (QED) is 0.681. The molecule has 1 N–H and O–H groups in total. The Hall–Kier alpha value is -2.73. The van der Waals surface area contributed by atoms with E-state index >= 15 is 0 Å². The predicted octanol–water partition coefficient (Wildman–Crippen LogP) is 5.60. The van der Waals surface area contributed by atoms with Gasteiger partial charge in [0, 0.05) is 13.0 Å². The molecule has 0 spiro atoms. The van der Waals surface area contributed by atoms with Gasteiger partial charge in [0.1, 0.15) is 0 Å². The van der Waals surface area contributed by atoms with Crippen LogP contribution in [-0.2, 0) is 11.0 Å². The van der Waals surface area contributed by atoms with Gasteiger partial charge in [-0.25, -0.2) is 0 Å². The van der Waals surface area contributed by atoms with Crippen LogP contribution in [0.25, 0.3) is 11.6 Å². The number of hydrogen-bond acceptors (Lipinski definition) is 3. The van der Waals surface area contributed by atoms with Crippen LogP contribution in [-0.4, -0.2) is 12.8 Å². The van der Waals surface area contributed by atoms with Crippen molar-refractivity contribution in [1.29, 1.82) is 0 Å². The van der Waals surface area contributed by atoms with Crippen molar-refractivity contribution in [3.05, 3.63) is 92.9 Å². The van der Waals surface area contributed by atoms with Crippen LogP contribution in [0, 0.1) is 0 Å². The van der Waals surface area contributed by atoms with E-state index in [0.717, 1.165) is 23.3 Å². The van der Waals surface area contributed by atoms with Crippen LogP contribution in [0.15, 0.2) is 70.6 Å². The fraction of sp³-hybridized carbons (Fsp3) is 0.136. The minimum Gasteiger partial charge on any atom is -0.382 e. The molecule has 1 atom stereocenters. The Morgan fingerprint density at radius 2 is 1.89 bits per heavy atom. The minimum atomic E-state index is -4.46. The first-order valence-corrected chi connectivity index (χ1v) is 9.51. The zero-order valence-corrected chi connectivity index (χ0v) is 15.7. The van der Waals surface area contributed by atoms with Crippen molar-refractivity contribution in [1.82, 2.24) is 5.32 Å². The third-order valence-corrected chi connectivity index (χ3v) is 5.92. The molecule has 0 bridgehead atoms. The lowest BCUT2D eigenvalue weighted by Crippen LogP contribution is -2.08. The molecule has 1 aliphatic carbocycles. The molecule has 142 valence electrons. The summed E-state index contributed by atoms with van der Waals surface area (Å²) < 4.78 is 39.2. The Morgan fingerprint density at radius 3 is 2.64 bits per heavy atom. The summed E-state index contributed by atoms with van der Waals surface area (Å²) in [6, 6.07) is 12.8.